The molecule has 1 aliphatic heterocycles. The molecule has 0 unspecified atom stereocenters. The predicted octanol–water partition coefficient (Wildman–Crippen LogP) is 3.15. The Morgan fingerprint density at radius 2 is 1.86 bits per heavy atom. The Hall–Kier alpha value is -1.50. The number of carbonyl (C=O) groups excluding carboxylic acids is 2. The minimum atomic E-state index is -0.472. The molecule has 0 radical (unpaired) electrons. The fraction of sp³-hybridized carbons (Fsp3) is 0.600. The molecule has 2 amide bonds. The molecule has 1 aromatic rings. The summed E-state index contributed by atoms with van der Waals surface area (Å²) in [5.41, 5.74) is 6.21. The highest BCUT2D eigenvalue weighted by Crippen LogP contribution is 2.29. The second-order valence-electron chi connectivity index (χ2n) is 7.53. The molecule has 1 saturated carbocycles. The molecule has 0 spiro atoms. The molecule has 8 heteroatoms. The van der Waals surface area contributed by atoms with E-state index in [4.69, 9.17) is 22.1 Å². The summed E-state index contributed by atoms with van der Waals surface area (Å²) in [6.45, 7) is 2.96. The first-order valence-electron chi connectivity index (χ1n) is 9.75. The molecular formula is C20H29Cl2N3O3. The van der Waals surface area contributed by atoms with Crippen LogP contribution < -0.4 is 15.8 Å². The Labute approximate surface area is 177 Å². The summed E-state index contributed by atoms with van der Waals surface area (Å²) in [6, 6.07) is 4.97. The van der Waals surface area contributed by atoms with Crippen molar-refractivity contribution in [2.24, 2.45) is 5.73 Å². The molecule has 3 N–H and O–H groups in total. The van der Waals surface area contributed by atoms with Gasteiger partial charge in [0.15, 0.2) is 0 Å². The van der Waals surface area contributed by atoms with Gasteiger partial charge in [0.1, 0.15) is 11.9 Å². The number of ether oxygens (including phenoxy) is 1. The second kappa shape index (κ2) is 10.3. The molecule has 6 nitrogen and oxygen atoms in total. The molecule has 1 atom stereocenters. The average molecular weight is 430 g/mol. The predicted molar refractivity (Wildman–Crippen MR) is 112 cm³/mol. The fourth-order valence-electron chi connectivity index (χ4n) is 3.74. The molecule has 3 rings (SSSR count). The van der Waals surface area contributed by atoms with Crippen LogP contribution in [0.15, 0.2) is 18.2 Å². The lowest BCUT2D eigenvalue weighted by Gasteiger charge is -2.33. The number of hydrogen-bond acceptors (Lipinski definition) is 4. The van der Waals surface area contributed by atoms with E-state index in [0.717, 1.165) is 25.7 Å². The lowest BCUT2D eigenvalue weighted by Crippen LogP contribution is -2.47. The van der Waals surface area contributed by atoms with Gasteiger partial charge in [-0.3, -0.25) is 9.59 Å². The van der Waals surface area contributed by atoms with Crippen LogP contribution in [0.2, 0.25) is 5.02 Å². The van der Waals surface area contributed by atoms with Crippen LogP contribution in [-0.4, -0.2) is 48.0 Å². The lowest BCUT2D eigenvalue weighted by molar-refractivity contribution is -0.133. The van der Waals surface area contributed by atoms with Gasteiger partial charge in [0.2, 0.25) is 5.91 Å². The van der Waals surface area contributed by atoms with Gasteiger partial charge in [-0.25, -0.2) is 0 Å². The number of amides is 2. The van der Waals surface area contributed by atoms with Crippen molar-refractivity contribution in [3.63, 3.8) is 0 Å². The molecule has 0 aromatic heterocycles. The molecule has 2 aliphatic rings. The summed E-state index contributed by atoms with van der Waals surface area (Å²) in [4.78, 5) is 26.1. The second-order valence-corrected chi connectivity index (χ2v) is 7.94. The Balaban J connectivity index is 0.00000280. The van der Waals surface area contributed by atoms with E-state index in [1.807, 2.05) is 0 Å². The van der Waals surface area contributed by atoms with Crippen molar-refractivity contribution in [3.05, 3.63) is 28.8 Å². The first-order chi connectivity index (χ1) is 12.9. The van der Waals surface area contributed by atoms with Crippen molar-refractivity contribution in [1.29, 1.82) is 0 Å². The van der Waals surface area contributed by atoms with Crippen LogP contribution >= 0.6 is 24.0 Å². The summed E-state index contributed by atoms with van der Waals surface area (Å²) in [5, 5.41) is 3.50. The highest BCUT2D eigenvalue weighted by atomic mass is 35.5. The number of nitrogens with one attached hydrogen (secondary N) is 1. The van der Waals surface area contributed by atoms with Gasteiger partial charge in [0.25, 0.3) is 5.91 Å². The number of benzene rings is 1. The van der Waals surface area contributed by atoms with E-state index in [-0.39, 0.29) is 36.4 Å². The Bertz CT molecular complexity index is 685. The zero-order valence-corrected chi connectivity index (χ0v) is 17.7. The number of carbonyl (C=O) groups is 2. The van der Waals surface area contributed by atoms with Crippen LogP contribution in [0.1, 0.15) is 55.8 Å². The maximum atomic E-state index is 12.4. The van der Waals surface area contributed by atoms with E-state index in [0.29, 0.717) is 29.4 Å². The number of halogens is 2. The van der Waals surface area contributed by atoms with Crippen LogP contribution in [0.25, 0.3) is 0 Å². The van der Waals surface area contributed by atoms with Gasteiger partial charge in [-0.15, -0.1) is 12.4 Å². The van der Waals surface area contributed by atoms with E-state index in [2.05, 4.69) is 5.32 Å². The maximum Gasteiger partial charge on any atom is 0.251 e. The third-order valence-corrected chi connectivity index (χ3v) is 5.62. The van der Waals surface area contributed by atoms with Crippen molar-refractivity contribution >= 4 is 35.8 Å². The molecule has 28 heavy (non-hydrogen) atoms. The van der Waals surface area contributed by atoms with Crippen molar-refractivity contribution in [2.45, 2.75) is 63.6 Å². The molecular weight excluding hydrogens is 401 g/mol. The zero-order valence-electron chi connectivity index (χ0n) is 16.2. The number of nitrogens with two attached hydrogens (primary N) is 1. The average Bonchev–Trinajstić information content (AvgIpc) is 3.16. The number of likely N-dealkylation sites (tertiary alicyclic amines) is 1. The minimum Gasteiger partial charge on any atom is -0.489 e. The third kappa shape index (κ3) is 5.75. The molecule has 1 aromatic carbocycles. The normalized spacial score (nSPS) is 19.0. The molecule has 1 heterocycles. The number of piperidine rings is 1. The first-order valence-corrected chi connectivity index (χ1v) is 10.1. The van der Waals surface area contributed by atoms with Crippen LogP contribution in [0.4, 0.5) is 0 Å². The molecule has 1 saturated heterocycles. The van der Waals surface area contributed by atoms with Crippen LogP contribution in [0, 0.1) is 0 Å². The molecule has 2 fully saturated rings. The van der Waals surface area contributed by atoms with E-state index < -0.39 is 6.04 Å². The van der Waals surface area contributed by atoms with Gasteiger partial charge in [0, 0.05) is 37.5 Å². The minimum absolute atomic E-state index is 0. The Morgan fingerprint density at radius 3 is 2.43 bits per heavy atom. The number of rotatable bonds is 5. The topological polar surface area (TPSA) is 84.7 Å². The largest absolute Gasteiger partial charge is 0.489 e. The quantitative estimate of drug-likeness (QED) is 0.752. The van der Waals surface area contributed by atoms with Crippen LogP contribution in [-0.2, 0) is 4.79 Å². The fourth-order valence-corrected chi connectivity index (χ4v) is 3.96. The van der Waals surface area contributed by atoms with Gasteiger partial charge in [-0.05, 0) is 38.0 Å². The lowest BCUT2D eigenvalue weighted by atomic mass is 10.1. The van der Waals surface area contributed by atoms with Crippen LogP contribution in [0.3, 0.4) is 0 Å². The van der Waals surface area contributed by atoms with Crippen molar-refractivity contribution in [3.8, 4) is 5.75 Å². The Morgan fingerprint density at radius 1 is 1.21 bits per heavy atom. The van der Waals surface area contributed by atoms with Crippen molar-refractivity contribution in [2.75, 3.05) is 13.1 Å². The Kier molecular flexibility index (Phi) is 8.40. The van der Waals surface area contributed by atoms with Gasteiger partial charge >= 0.3 is 0 Å². The summed E-state index contributed by atoms with van der Waals surface area (Å²) in [6.07, 6.45) is 5.91. The van der Waals surface area contributed by atoms with Gasteiger partial charge in [-0.2, -0.15) is 0 Å². The smallest absolute Gasteiger partial charge is 0.251 e. The van der Waals surface area contributed by atoms with E-state index in [9.17, 15) is 9.59 Å². The van der Waals surface area contributed by atoms with Gasteiger partial charge in [-0.1, -0.05) is 24.4 Å². The number of hydrogen-bond donors (Lipinski definition) is 2. The van der Waals surface area contributed by atoms with E-state index >= 15 is 0 Å². The van der Waals surface area contributed by atoms with E-state index in [1.165, 1.54) is 12.8 Å². The summed E-state index contributed by atoms with van der Waals surface area (Å²) in [5.74, 6) is 0.466. The third-order valence-electron chi connectivity index (χ3n) is 5.32. The standard InChI is InChI=1S/C20H28ClN3O3.ClH/c1-13(22)20(26)24-10-8-16(9-11-24)27-18-7-6-14(12-17(18)21)19(25)23-15-4-2-3-5-15;/h6-7,12-13,15-16H,2-5,8-11,22H2,1H3,(H,23,25);1H/t13-;/m1./s1. The van der Waals surface area contributed by atoms with Crippen molar-refractivity contribution in [1.82, 2.24) is 10.2 Å². The van der Waals surface area contributed by atoms with Gasteiger partial charge in [0.05, 0.1) is 11.1 Å². The maximum absolute atomic E-state index is 12.4. The van der Waals surface area contributed by atoms with Crippen molar-refractivity contribution < 1.29 is 14.3 Å². The molecule has 0 bridgehead atoms. The highest BCUT2D eigenvalue weighted by molar-refractivity contribution is 6.32. The summed E-state index contributed by atoms with van der Waals surface area (Å²) >= 11 is 6.34. The highest BCUT2D eigenvalue weighted by Gasteiger charge is 2.26. The van der Waals surface area contributed by atoms with E-state index in [1.54, 1.807) is 30.0 Å². The van der Waals surface area contributed by atoms with Gasteiger partial charge < -0.3 is 20.7 Å². The summed E-state index contributed by atoms with van der Waals surface area (Å²) in [7, 11) is 0. The number of nitrogens with zero attached hydrogens (tertiary/aromatic N) is 1. The first kappa shape index (κ1) is 22.8. The monoisotopic (exact) mass is 429 g/mol. The molecule has 1 aliphatic carbocycles. The zero-order chi connectivity index (χ0) is 19.4. The SMILES string of the molecule is C[C@@H](N)C(=O)N1CCC(Oc2ccc(C(=O)NC3CCCC3)cc2Cl)CC1.Cl. The summed E-state index contributed by atoms with van der Waals surface area (Å²) < 4.78 is 6.01. The van der Waals surface area contributed by atoms with Crippen LogP contribution in [0.5, 0.6) is 5.75 Å². The molecule has 156 valence electrons.